The number of tetrazole rings is 1. The van der Waals surface area contributed by atoms with Gasteiger partial charge in [-0.25, -0.2) is 0 Å². The summed E-state index contributed by atoms with van der Waals surface area (Å²) < 4.78 is 1.52. The van der Waals surface area contributed by atoms with Crippen molar-refractivity contribution in [1.29, 1.82) is 0 Å². The summed E-state index contributed by atoms with van der Waals surface area (Å²) in [7, 11) is 0. The largest absolute Gasteiger partial charge is 0.339 e. The molecule has 2 aromatic rings. The third kappa shape index (κ3) is 2.33. The molecule has 0 radical (unpaired) electrons. The van der Waals surface area contributed by atoms with Crippen molar-refractivity contribution in [2.24, 2.45) is 0 Å². The van der Waals surface area contributed by atoms with Gasteiger partial charge in [0, 0.05) is 13.1 Å². The smallest absolute Gasteiger partial charge is 0.256 e. The molecule has 0 spiro atoms. The van der Waals surface area contributed by atoms with E-state index in [1.165, 1.54) is 17.4 Å². The fourth-order valence-corrected chi connectivity index (χ4v) is 2.39. The van der Waals surface area contributed by atoms with E-state index < -0.39 is 0 Å². The summed E-state index contributed by atoms with van der Waals surface area (Å²) in [6, 6.07) is 7.43. The van der Waals surface area contributed by atoms with Crippen LogP contribution in [0.5, 0.6) is 0 Å². The van der Waals surface area contributed by atoms with Gasteiger partial charge in [0.05, 0.1) is 11.3 Å². The van der Waals surface area contributed by atoms with E-state index in [4.69, 9.17) is 0 Å². The van der Waals surface area contributed by atoms with Crippen molar-refractivity contribution in [3.05, 3.63) is 36.2 Å². The highest BCUT2D eigenvalue weighted by Crippen LogP contribution is 2.18. The van der Waals surface area contributed by atoms with E-state index in [1.807, 2.05) is 29.2 Å². The highest BCUT2D eigenvalue weighted by Gasteiger charge is 2.21. The minimum Gasteiger partial charge on any atom is -0.339 e. The van der Waals surface area contributed by atoms with Crippen LogP contribution in [0.4, 0.5) is 0 Å². The van der Waals surface area contributed by atoms with E-state index in [9.17, 15) is 4.79 Å². The van der Waals surface area contributed by atoms with Crippen molar-refractivity contribution >= 4 is 5.91 Å². The fourth-order valence-electron chi connectivity index (χ4n) is 2.39. The zero-order chi connectivity index (χ0) is 13.1. The SMILES string of the molecule is O=C(c1ccccc1-n1cnnn1)N1CCCCC1. The molecule has 0 N–H and O–H groups in total. The molecule has 1 aromatic heterocycles. The van der Waals surface area contributed by atoms with Crippen LogP contribution in [0.25, 0.3) is 5.69 Å². The van der Waals surface area contributed by atoms with Gasteiger partial charge in [-0.15, -0.1) is 5.10 Å². The Morgan fingerprint density at radius 3 is 2.63 bits per heavy atom. The molecule has 0 atom stereocenters. The third-order valence-corrected chi connectivity index (χ3v) is 3.37. The molecule has 0 saturated carbocycles. The van der Waals surface area contributed by atoms with Crippen LogP contribution in [0.2, 0.25) is 0 Å². The van der Waals surface area contributed by atoms with Crippen LogP contribution < -0.4 is 0 Å². The van der Waals surface area contributed by atoms with Crippen molar-refractivity contribution in [2.75, 3.05) is 13.1 Å². The summed E-state index contributed by atoms with van der Waals surface area (Å²) in [6.45, 7) is 1.67. The summed E-state index contributed by atoms with van der Waals surface area (Å²) in [5.74, 6) is 0.0609. The number of carbonyl (C=O) groups is 1. The Kier molecular flexibility index (Phi) is 3.22. The quantitative estimate of drug-likeness (QED) is 0.813. The van der Waals surface area contributed by atoms with Crippen LogP contribution in [-0.4, -0.2) is 44.1 Å². The van der Waals surface area contributed by atoms with Gasteiger partial charge in [0.2, 0.25) is 0 Å². The van der Waals surface area contributed by atoms with Gasteiger partial charge in [-0.2, -0.15) is 4.68 Å². The summed E-state index contributed by atoms with van der Waals surface area (Å²) in [5.41, 5.74) is 1.37. The minimum atomic E-state index is 0.0609. The van der Waals surface area contributed by atoms with E-state index in [0.717, 1.165) is 31.6 Å². The number of benzene rings is 1. The normalized spacial score (nSPS) is 15.5. The standard InChI is InChI=1S/C13H15N5O/c19-13(17-8-4-1-5-9-17)11-6-2-3-7-12(11)18-10-14-15-16-18/h2-3,6-7,10H,1,4-5,8-9H2. The lowest BCUT2D eigenvalue weighted by molar-refractivity contribution is 0.0724. The van der Waals surface area contributed by atoms with Crippen molar-refractivity contribution in [1.82, 2.24) is 25.1 Å². The predicted molar refractivity (Wildman–Crippen MR) is 68.9 cm³/mol. The molecule has 1 aliphatic heterocycles. The lowest BCUT2D eigenvalue weighted by atomic mass is 10.1. The minimum absolute atomic E-state index is 0.0609. The molecule has 3 rings (SSSR count). The number of aromatic nitrogens is 4. The average molecular weight is 257 g/mol. The second-order valence-corrected chi connectivity index (χ2v) is 4.62. The van der Waals surface area contributed by atoms with E-state index in [0.29, 0.717) is 5.56 Å². The van der Waals surface area contributed by atoms with Crippen molar-refractivity contribution in [3.63, 3.8) is 0 Å². The Balaban J connectivity index is 1.94. The second kappa shape index (κ2) is 5.17. The summed E-state index contributed by atoms with van der Waals surface area (Å²) in [5, 5.41) is 11.1. The molecule has 0 aliphatic carbocycles. The van der Waals surface area contributed by atoms with E-state index in [1.54, 1.807) is 0 Å². The molecular weight excluding hydrogens is 242 g/mol. The lowest BCUT2D eigenvalue weighted by Crippen LogP contribution is -2.36. The highest BCUT2D eigenvalue weighted by molar-refractivity contribution is 5.97. The van der Waals surface area contributed by atoms with Gasteiger partial charge in [-0.3, -0.25) is 4.79 Å². The Morgan fingerprint density at radius 1 is 1.11 bits per heavy atom. The molecule has 1 aliphatic rings. The molecule has 1 fully saturated rings. The monoisotopic (exact) mass is 257 g/mol. The number of rotatable bonds is 2. The zero-order valence-electron chi connectivity index (χ0n) is 10.6. The summed E-state index contributed by atoms with van der Waals surface area (Å²) >= 11 is 0. The van der Waals surface area contributed by atoms with Crippen molar-refractivity contribution < 1.29 is 4.79 Å². The Bertz CT molecular complexity index is 560. The number of likely N-dealkylation sites (tertiary alicyclic amines) is 1. The molecule has 0 unspecified atom stereocenters. The van der Waals surface area contributed by atoms with Crippen LogP contribution in [0.3, 0.4) is 0 Å². The molecule has 6 nitrogen and oxygen atoms in total. The second-order valence-electron chi connectivity index (χ2n) is 4.62. The van der Waals surface area contributed by atoms with Crippen LogP contribution >= 0.6 is 0 Å². The number of amides is 1. The Hall–Kier alpha value is -2.24. The average Bonchev–Trinajstić information content (AvgIpc) is 3.01. The van der Waals surface area contributed by atoms with E-state index in [-0.39, 0.29) is 5.91 Å². The first-order chi connectivity index (χ1) is 9.36. The first-order valence-electron chi connectivity index (χ1n) is 6.48. The maximum Gasteiger partial charge on any atom is 0.256 e. The highest BCUT2D eigenvalue weighted by atomic mass is 16.2. The number of carbonyl (C=O) groups excluding carboxylic acids is 1. The van der Waals surface area contributed by atoms with Gasteiger partial charge in [-0.05, 0) is 41.8 Å². The van der Waals surface area contributed by atoms with Crippen molar-refractivity contribution in [3.8, 4) is 5.69 Å². The molecule has 1 aromatic carbocycles. The number of piperidine rings is 1. The topological polar surface area (TPSA) is 63.9 Å². The van der Waals surface area contributed by atoms with Crippen LogP contribution in [-0.2, 0) is 0 Å². The molecular formula is C13H15N5O. The zero-order valence-corrected chi connectivity index (χ0v) is 10.6. The molecule has 6 heteroatoms. The third-order valence-electron chi connectivity index (χ3n) is 3.37. The van der Waals surface area contributed by atoms with Gasteiger partial charge in [0.25, 0.3) is 5.91 Å². The summed E-state index contributed by atoms with van der Waals surface area (Å²) in [4.78, 5) is 14.5. The van der Waals surface area contributed by atoms with Gasteiger partial charge in [-0.1, -0.05) is 12.1 Å². The van der Waals surface area contributed by atoms with Gasteiger partial charge in [0.1, 0.15) is 6.33 Å². The number of nitrogens with zero attached hydrogens (tertiary/aromatic N) is 5. The molecule has 0 bridgehead atoms. The van der Waals surface area contributed by atoms with E-state index in [2.05, 4.69) is 15.5 Å². The van der Waals surface area contributed by atoms with Crippen LogP contribution in [0.15, 0.2) is 30.6 Å². The molecule has 19 heavy (non-hydrogen) atoms. The molecule has 1 saturated heterocycles. The first-order valence-corrected chi connectivity index (χ1v) is 6.48. The Labute approximate surface area is 111 Å². The molecule has 98 valence electrons. The number of para-hydroxylation sites is 1. The van der Waals surface area contributed by atoms with Gasteiger partial charge < -0.3 is 4.90 Å². The molecule has 2 heterocycles. The molecule has 1 amide bonds. The van der Waals surface area contributed by atoms with Gasteiger partial charge >= 0.3 is 0 Å². The first kappa shape index (κ1) is 11.8. The van der Waals surface area contributed by atoms with Gasteiger partial charge in [0.15, 0.2) is 0 Å². The maximum atomic E-state index is 12.6. The predicted octanol–water partition coefficient (Wildman–Crippen LogP) is 1.29. The Morgan fingerprint density at radius 2 is 1.89 bits per heavy atom. The maximum absolute atomic E-state index is 12.6. The van der Waals surface area contributed by atoms with Crippen molar-refractivity contribution in [2.45, 2.75) is 19.3 Å². The summed E-state index contributed by atoms with van der Waals surface area (Å²) in [6.07, 6.45) is 4.87. The fraction of sp³-hybridized carbons (Fsp3) is 0.385. The number of hydrogen-bond acceptors (Lipinski definition) is 4. The lowest BCUT2D eigenvalue weighted by Gasteiger charge is -2.27. The van der Waals surface area contributed by atoms with Crippen LogP contribution in [0.1, 0.15) is 29.6 Å². The number of hydrogen-bond donors (Lipinski definition) is 0. The van der Waals surface area contributed by atoms with E-state index >= 15 is 0 Å². The van der Waals surface area contributed by atoms with Crippen LogP contribution in [0, 0.1) is 0 Å².